The second kappa shape index (κ2) is 14.3. The molecule has 0 fully saturated rings. The third kappa shape index (κ3) is 9.97. The van der Waals surface area contributed by atoms with Gasteiger partial charge in [0.15, 0.2) is 5.96 Å². The summed E-state index contributed by atoms with van der Waals surface area (Å²) in [5.74, 6) is 0.586. The molecule has 2 N–H and O–H groups in total. The number of ether oxygens (including phenoxy) is 1. The van der Waals surface area contributed by atoms with Crippen molar-refractivity contribution in [2.75, 3.05) is 26.2 Å². The van der Waals surface area contributed by atoms with E-state index in [1.165, 1.54) is 0 Å². The maximum absolute atomic E-state index is 11.3. The number of nitrogens with one attached hydrogen (secondary N) is 2. The van der Waals surface area contributed by atoms with Crippen LogP contribution in [0.3, 0.4) is 0 Å². The first kappa shape index (κ1) is 23.0. The number of esters is 1. The Bertz CT molecular complexity index is 512. The summed E-state index contributed by atoms with van der Waals surface area (Å²) in [4.78, 5) is 15.7. The van der Waals surface area contributed by atoms with E-state index in [0.717, 1.165) is 36.1 Å². The van der Waals surface area contributed by atoms with Crippen LogP contribution in [0.1, 0.15) is 32.3 Å². The van der Waals surface area contributed by atoms with Crippen molar-refractivity contribution in [1.82, 2.24) is 10.6 Å². The molecular formula is C17H27ClIN3O2. The Hall–Kier alpha value is -1.02. The minimum absolute atomic E-state index is 0. The number of carbonyl (C=O) groups is 1. The Kier molecular flexibility index (Phi) is 13.7. The third-order valence-corrected chi connectivity index (χ3v) is 3.47. The fourth-order valence-corrected chi connectivity index (χ4v) is 2.24. The molecule has 7 heteroatoms. The molecule has 5 nitrogen and oxygen atoms in total. The van der Waals surface area contributed by atoms with E-state index in [9.17, 15) is 4.79 Å². The van der Waals surface area contributed by atoms with E-state index in [4.69, 9.17) is 16.3 Å². The molecule has 136 valence electrons. The molecule has 24 heavy (non-hydrogen) atoms. The van der Waals surface area contributed by atoms with Gasteiger partial charge in [0.2, 0.25) is 0 Å². The van der Waals surface area contributed by atoms with Crippen LogP contribution in [-0.2, 0) is 16.0 Å². The molecule has 0 radical (unpaired) electrons. The van der Waals surface area contributed by atoms with E-state index in [1.54, 1.807) is 0 Å². The Labute approximate surface area is 166 Å². The van der Waals surface area contributed by atoms with Gasteiger partial charge in [0.05, 0.1) is 6.61 Å². The zero-order chi connectivity index (χ0) is 16.9. The Morgan fingerprint density at radius 2 is 2.00 bits per heavy atom. The quantitative estimate of drug-likeness (QED) is 0.192. The van der Waals surface area contributed by atoms with Gasteiger partial charge in [-0.25, -0.2) is 0 Å². The lowest BCUT2D eigenvalue weighted by Gasteiger charge is -2.11. The molecule has 0 aliphatic heterocycles. The SMILES string of the molecule is CCNC(=NCCCC(=O)OCC)NCCc1ccccc1Cl.I. The molecule has 1 rings (SSSR count). The molecule has 0 aliphatic rings. The van der Waals surface area contributed by atoms with E-state index < -0.39 is 0 Å². The van der Waals surface area contributed by atoms with Gasteiger partial charge in [-0.3, -0.25) is 9.79 Å². The molecule has 0 heterocycles. The Morgan fingerprint density at radius 1 is 1.25 bits per heavy atom. The summed E-state index contributed by atoms with van der Waals surface area (Å²) < 4.78 is 4.89. The summed E-state index contributed by atoms with van der Waals surface area (Å²) in [7, 11) is 0. The van der Waals surface area contributed by atoms with E-state index in [1.807, 2.05) is 38.1 Å². The number of nitrogens with zero attached hydrogens (tertiary/aromatic N) is 1. The highest BCUT2D eigenvalue weighted by Crippen LogP contribution is 2.14. The number of rotatable bonds is 9. The largest absolute Gasteiger partial charge is 0.466 e. The van der Waals surface area contributed by atoms with Crippen molar-refractivity contribution in [2.24, 2.45) is 4.99 Å². The van der Waals surface area contributed by atoms with Crippen LogP contribution >= 0.6 is 35.6 Å². The Balaban J connectivity index is 0.00000529. The van der Waals surface area contributed by atoms with Crippen molar-refractivity contribution in [2.45, 2.75) is 33.1 Å². The molecule has 1 aromatic rings. The number of hydrogen-bond donors (Lipinski definition) is 2. The predicted molar refractivity (Wildman–Crippen MR) is 110 cm³/mol. The first-order valence-electron chi connectivity index (χ1n) is 8.08. The lowest BCUT2D eigenvalue weighted by molar-refractivity contribution is -0.143. The lowest BCUT2D eigenvalue weighted by Crippen LogP contribution is -2.38. The fraction of sp³-hybridized carbons (Fsp3) is 0.529. The second-order valence-electron chi connectivity index (χ2n) is 4.94. The molecule has 0 spiro atoms. The normalized spacial score (nSPS) is 10.7. The molecule has 0 saturated carbocycles. The molecule has 1 aromatic carbocycles. The number of carbonyl (C=O) groups excluding carboxylic acids is 1. The van der Waals surface area contributed by atoms with Crippen LogP contribution in [0, 0.1) is 0 Å². The number of aliphatic imine (C=N–C) groups is 1. The van der Waals surface area contributed by atoms with Crippen molar-refractivity contribution >= 4 is 47.5 Å². The highest BCUT2D eigenvalue weighted by molar-refractivity contribution is 14.0. The summed E-state index contributed by atoms with van der Waals surface area (Å²) in [5.41, 5.74) is 1.11. The van der Waals surface area contributed by atoms with Gasteiger partial charge in [0.25, 0.3) is 0 Å². The Morgan fingerprint density at radius 3 is 2.67 bits per heavy atom. The number of hydrogen-bond acceptors (Lipinski definition) is 3. The van der Waals surface area contributed by atoms with Gasteiger partial charge in [0.1, 0.15) is 0 Å². The van der Waals surface area contributed by atoms with E-state index in [0.29, 0.717) is 26.0 Å². The van der Waals surface area contributed by atoms with Crippen molar-refractivity contribution in [3.63, 3.8) is 0 Å². The van der Waals surface area contributed by atoms with Crippen LogP contribution < -0.4 is 10.6 Å². The summed E-state index contributed by atoms with van der Waals surface area (Å²) in [6.45, 7) is 6.37. The second-order valence-corrected chi connectivity index (χ2v) is 5.34. The average Bonchev–Trinajstić information content (AvgIpc) is 2.53. The van der Waals surface area contributed by atoms with E-state index in [-0.39, 0.29) is 29.9 Å². The summed E-state index contributed by atoms with van der Waals surface area (Å²) in [6.07, 6.45) is 1.91. The van der Waals surface area contributed by atoms with E-state index in [2.05, 4.69) is 15.6 Å². The van der Waals surface area contributed by atoms with E-state index >= 15 is 0 Å². The maximum Gasteiger partial charge on any atom is 0.305 e. The standard InChI is InChI=1S/C17H26ClN3O2.HI/c1-3-19-17(20-12-7-10-16(22)23-4-2)21-13-11-14-8-5-6-9-15(14)18;/h5-6,8-9H,3-4,7,10-13H2,1-2H3,(H2,19,20,21);1H. The number of benzene rings is 1. The van der Waals surface area contributed by atoms with Crippen molar-refractivity contribution in [3.05, 3.63) is 34.9 Å². The van der Waals surface area contributed by atoms with Crippen LogP contribution in [0.4, 0.5) is 0 Å². The zero-order valence-corrected chi connectivity index (χ0v) is 17.4. The molecule has 0 aromatic heterocycles. The highest BCUT2D eigenvalue weighted by Gasteiger charge is 2.02. The minimum Gasteiger partial charge on any atom is -0.466 e. The van der Waals surface area contributed by atoms with Crippen LogP contribution in [0.2, 0.25) is 5.02 Å². The molecule has 0 unspecified atom stereocenters. The lowest BCUT2D eigenvalue weighted by atomic mass is 10.1. The van der Waals surface area contributed by atoms with Crippen molar-refractivity contribution < 1.29 is 9.53 Å². The van der Waals surface area contributed by atoms with Gasteiger partial charge in [-0.15, -0.1) is 24.0 Å². The first-order valence-corrected chi connectivity index (χ1v) is 8.46. The molecule has 0 saturated heterocycles. The van der Waals surface area contributed by atoms with Crippen LogP contribution in [0.5, 0.6) is 0 Å². The third-order valence-electron chi connectivity index (χ3n) is 3.10. The minimum atomic E-state index is -0.167. The number of halogens is 2. The maximum atomic E-state index is 11.3. The molecular weight excluding hydrogens is 441 g/mol. The smallest absolute Gasteiger partial charge is 0.305 e. The highest BCUT2D eigenvalue weighted by atomic mass is 127. The van der Waals surface area contributed by atoms with Gasteiger partial charge >= 0.3 is 5.97 Å². The van der Waals surface area contributed by atoms with Gasteiger partial charge in [-0.1, -0.05) is 29.8 Å². The fourth-order valence-electron chi connectivity index (χ4n) is 2.01. The van der Waals surface area contributed by atoms with Crippen LogP contribution in [0.15, 0.2) is 29.3 Å². The summed E-state index contributed by atoms with van der Waals surface area (Å²) in [5, 5.41) is 7.24. The molecule has 0 amide bonds. The molecule has 0 atom stereocenters. The monoisotopic (exact) mass is 467 g/mol. The average molecular weight is 468 g/mol. The first-order chi connectivity index (χ1) is 11.2. The topological polar surface area (TPSA) is 62.7 Å². The van der Waals surface area contributed by atoms with Gasteiger partial charge in [0, 0.05) is 31.1 Å². The molecule has 0 aliphatic carbocycles. The predicted octanol–water partition coefficient (Wildman–Crippen LogP) is 3.40. The van der Waals surface area contributed by atoms with Gasteiger partial charge in [-0.2, -0.15) is 0 Å². The van der Waals surface area contributed by atoms with Crippen molar-refractivity contribution in [3.8, 4) is 0 Å². The van der Waals surface area contributed by atoms with Gasteiger partial charge in [-0.05, 0) is 38.3 Å². The van der Waals surface area contributed by atoms with Gasteiger partial charge < -0.3 is 15.4 Å². The number of guanidine groups is 1. The summed E-state index contributed by atoms with van der Waals surface area (Å²) >= 11 is 6.14. The van der Waals surface area contributed by atoms with Crippen LogP contribution in [-0.4, -0.2) is 38.2 Å². The molecule has 0 bridgehead atoms. The van der Waals surface area contributed by atoms with Crippen molar-refractivity contribution in [1.29, 1.82) is 0 Å². The summed E-state index contributed by atoms with van der Waals surface area (Å²) in [6, 6.07) is 7.82. The zero-order valence-electron chi connectivity index (χ0n) is 14.3. The van der Waals surface area contributed by atoms with Crippen LogP contribution in [0.25, 0.3) is 0 Å².